The smallest absolute Gasteiger partial charge is 0.0724 e. The van der Waals surface area contributed by atoms with Crippen molar-refractivity contribution in [3.8, 4) is 11.1 Å². The lowest BCUT2D eigenvalue weighted by atomic mass is 10.00. The van der Waals surface area contributed by atoms with E-state index in [4.69, 9.17) is 5.73 Å². The molecule has 0 fully saturated rings. The summed E-state index contributed by atoms with van der Waals surface area (Å²) in [7, 11) is 0. The van der Waals surface area contributed by atoms with E-state index in [9.17, 15) is 0 Å². The Morgan fingerprint density at radius 3 is 2.89 bits per heavy atom. The molecule has 18 heavy (non-hydrogen) atoms. The van der Waals surface area contributed by atoms with E-state index < -0.39 is 0 Å². The summed E-state index contributed by atoms with van der Waals surface area (Å²) in [6.45, 7) is 2.69. The fourth-order valence-electron chi connectivity index (χ4n) is 2.29. The molecule has 2 N–H and O–H groups in total. The van der Waals surface area contributed by atoms with Crippen LogP contribution in [-0.2, 0) is 6.54 Å². The van der Waals surface area contributed by atoms with Crippen LogP contribution in [0.15, 0.2) is 48.8 Å². The molecule has 3 nitrogen and oxygen atoms in total. The lowest BCUT2D eigenvalue weighted by molar-refractivity contribution is 0.942. The lowest BCUT2D eigenvalue weighted by Crippen LogP contribution is -1.99. The highest BCUT2D eigenvalue weighted by molar-refractivity contribution is 5.80. The molecule has 0 atom stereocenters. The van der Waals surface area contributed by atoms with Gasteiger partial charge in [0.25, 0.3) is 0 Å². The van der Waals surface area contributed by atoms with Crippen LogP contribution in [0.3, 0.4) is 0 Å². The van der Waals surface area contributed by atoms with Crippen molar-refractivity contribution in [2.45, 2.75) is 13.5 Å². The molecule has 0 bridgehead atoms. The fourth-order valence-corrected chi connectivity index (χ4v) is 2.29. The molecule has 1 aromatic carbocycles. The molecule has 2 heterocycles. The standard InChI is InChI=1S/C15H15N3/c1-11-9-12(4-5-13(11)10-16)14-6-7-17-18-8-2-3-15(14)18/h2-9H,10,16H2,1H3. The minimum atomic E-state index is 0.586. The summed E-state index contributed by atoms with van der Waals surface area (Å²) in [5.74, 6) is 0. The lowest BCUT2D eigenvalue weighted by Gasteiger charge is -2.08. The minimum absolute atomic E-state index is 0.586. The van der Waals surface area contributed by atoms with Gasteiger partial charge in [0.2, 0.25) is 0 Å². The molecule has 0 radical (unpaired) electrons. The largest absolute Gasteiger partial charge is 0.326 e. The molecule has 0 saturated heterocycles. The Kier molecular flexibility index (Phi) is 2.61. The van der Waals surface area contributed by atoms with Gasteiger partial charge in [-0.25, -0.2) is 4.52 Å². The molecule has 3 aromatic rings. The number of rotatable bonds is 2. The normalized spacial score (nSPS) is 11.0. The van der Waals surface area contributed by atoms with Gasteiger partial charge in [0.15, 0.2) is 0 Å². The van der Waals surface area contributed by atoms with Gasteiger partial charge in [-0.15, -0.1) is 0 Å². The van der Waals surface area contributed by atoms with Crippen molar-refractivity contribution < 1.29 is 0 Å². The van der Waals surface area contributed by atoms with Crippen LogP contribution in [0.1, 0.15) is 11.1 Å². The Morgan fingerprint density at radius 1 is 1.22 bits per heavy atom. The zero-order chi connectivity index (χ0) is 12.5. The molecule has 0 unspecified atom stereocenters. The van der Waals surface area contributed by atoms with Gasteiger partial charge < -0.3 is 5.73 Å². The van der Waals surface area contributed by atoms with Gasteiger partial charge in [0, 0.05) is 24.5 Å². The predicted octanol–water partition coefficient (Wildman–Crippen LogP) is 2.77. The van der Waals surface area contributed by atoms with Crippen molar-refractivity contribution >= 4 is 5.52 Å². The Morgan fingerprint density at radius 2 is 2.11 bits per heavy atom. The van der Waals surface area contributed by atoms with Crippen LogP contribution < -0.4 is 5.73 Å². The third-order valence-corrected chi connectivity index (χ3v) is 3.31. The van der Waals surface area contributed by atoms with E-state index in [-0.39, 0.29) is 0 Å². The molecule has 0 aliphatic heterocycles. The zero-order valence-corrected chi connectivity index (χ0v) is 10.3. The molecular weight excluding hydrogens is 222 g/mol. The Balaban J connectivity index is 2.20. The van der Waals surface area contributed by atoms with Crippen LogP contribution in [0.25, 0.3) is 16.6 Å². The first-order valence-corrected chi connectivity index (χ1v) is 6.02. The maximum absolute atomic E-state index is 5.70. The molecule has 2 aromatic heterocycles. The predicted molar refractivity (Wildman–Crippen MR) is 73.3 cm³/mol. The van der Waals surface area contributed by atoms with Gasteiger partial charge in [-0.3, -0.25) is 0 Å². The van der Waals surface area contributed by atoms with E-state index in [1.807, 2.05) is 29.0 Å². The summed E-state index contributed by atoms with van der Waals surface area (Å²) in [5.41, 5.74) is 11.6. The highest BCUT2D eigenvalue weighted by atomic mass is 15.2. The molecule has 3 rings (SSSR count). The molecular formula is C15H15N3. The summed E-state index contributed by atoms with van der Waals surface area (Å²) < 4.78 is 1.89. The van der Waals surface area contributed by atoms with E-state index in [2.05, 4.69) is 36.3 Å². The monoisotopic (exact) mass is 237 g/mol. The van der Waals surface area contributed by atoms with Crippen molar-refractivity contribution in [3.05, 3.63) is 59.9 Å². The maximum Gasteiger partial charge on any atom is 0.0724 e. The SMILES string of the molecule is Cc1cc(-c2ccnn3cccc23)ccc1CN. The van der Waals surface area contributed by atoms with Gasteiger partial charge in [-0.1, -0.05) is 18.2 Å². The Bertz CT molecular complexity index is 698. The van der Waals surface area contributed by atoms with Crippen LogP contribution in [0.5, 0.6) is 0 Å². The number of hydrogen-bond acceptors (Lipinski definition) is 2. The Labute approximate surface area is 106 Å². The van der Waals surface area contributed by atoms with Crippen molar-refractivity contribution in [1.29, 1.82) is 0 Å². The summed E-state index contributed by atoms with van der Waals surface area (Å²) in [5, 5.41) is 4.28. The summed E-state index contributed by atoms with van der Waals surface area (Å²) in [4.78, 5) is 0. The molecule has 3 heteroatoms. The molecule has 0 aliphatic rings. The van der Waals surface area contributed by atoms with Crippen LogP contribution in [-0.4, -0.2) is 9.61 Å². The average Bonchev–Trinajstić information content (AvgIpc) is 2.86. The molecule has 0 spiro atoms. The van der Waals surface area contributed by atoms with Crippen LogP contribution in [0.2, 0.25) is 0 Å². The molecule has 0 aliphatic carbocycles. The first-order valence-electron chi connectivity index (χ1n) is 6.02. The summed E-state index contributed by atoms with van der Waals surface area (Å²) in [6, 6.07) is 12.5. The number of aromatic nitrogens is 2. The van der Waals surface area contributed by atoms with E-state index in [0.29, 0.717) is 6.54 Å². The van der Waals surface area contributed by atoms with E-state index in [0.717, 1.165) is 5.52 Å². The van der Waals surface area contributed by atoms with Crippen molar-refractivity contribution in [2.75, 3.05) is 0 Å². The van der Waals surface area contributed by atoms with Crippen LogP contribution in [0, 0.1) is 6.92 Å². The van der Waals surface area contributed by atoms with Crippen molar-refractivity contribution in [1.82, 2.24) is 9.61 Å². The van der Waals surface area contributed by atoms with Crippen LogP contribution in [0.4, 0.5) is 0 Å². The zero-order valence-electron chi connectivity index (χ0n) is 10.3. The average molecular weight is 237 g/mol. The summed E-state index contributed by atoms with van der Waals surface area (Å²) >= 11 is 0. The number of aryl methyl sites for hydroxylation is 1. The summed E-state index contributed by atoms with van der Waals surface area (Å²) in [6.07, 6.45) is 3.79. The number of fused-ring (bicyclic) bond motifs is 1. The van der Waals surface area contributed by atoms with E-state index in [1.54, 1.807) is 0 Å². The topological polar surface area (TPSA) is 43.3 Å². The van der Waals surface area contributed by atoms with Crippen LogP contribution >= 0.6 is 0 Å². The third kappa shape index (κ3) is 1.69. The van der Waals surface area contributed by atoms with Gasteiger partial charge in [-0.05, 0) is 41.8 Å². The highest BCUT2D eigenvalue weighted by Crippen LogP contribution is 2.26. The van der Waals surface area contributed by atoms with Gasteiger partial charge in [0.1, 0.15) is 0 Å². The number of hydrogen-bond donors (Lipinski definition) is 1. The van der Waals surface area contributed by atoms with Gasteiger partial charge in [0.05, 0.1) is 5.52 Å². The quantitative estimate of drug-likeness (QED) is 0.744. The first kappa shape index (κ1) is 11.0. The molecule has 90 valence electrons. The Hall–Kier alpha value is -2.13. The van der Waals surface area contributed by atoms with Crippen molar-refractivity contribution in [3.63, 3.8) is 0 Å². The second-order valence-corrected chi connectivity index (χ2v) is 4.43. The van der Waals surface area contributed by atoms with Gasteiger partial charge >= 0.3 is 0 Å². The second kappa shape index (κ2) is 4.27. The highest BCUT2D eigenvalue weighted by Gasteiger charge is 2.05. The third-order valence-electron chi connectivity index (χ3n) is 3.31. The van der Waals surface area contributed by atoms with Crippen molar-refractivity contribution in [2.24, 2.45) is 5.73 Å². The first-order chi connectivity index (χ1) is 8.79. The van der Waals surface area contributed by atoms with Gasteiger partial charge in [-0.2, -0.15) is 5.10 Å². The second-order valence-electron chi connectivity index (χ2n) is 4.43. The number of nitrogens with zero attached hydrogens (tertiary/aromatic N) is 2. The molecule has 0 amide bonds. The maximum atomic E-state index is 5.70. The number of benzene rings is 1. The fraction of sp³-hybridized carbons (Fsp3) is 0.133. The van der Waals surface area contributed by atoms with E-state index in [1.165, 1.54) is 22.3 Å². The van der Waals surface area contributed by atoms with E-state index >= 15 is 0 Å². The minimum Gasteiger partial charge on any atom is -0.326 e. The molecule has 0 saturated carbocycles. The number of nitrogens with two attached hydrogens (primary N) is 1.